The number of hydrogen-bond acceptors (Lipinski definition) is 2. The molecule has 0 aromatic heterocycles. The first-order chi connectivity index (χ1) is 11.2. The van der Waals surface area contributed by atoms with Crippen LogP contribution in [0.5, 0.6) is 0 Å². The van der Waals surface area contributed by atoms with Crippen molar-refractivity contribution in [1.82, 2.24) is 0 Å². The first-order valence-electron chi connectivity index (χ1n) is 10.1. The van der Waals surface area contributed by atoms with Crippen LogP contribution in [0.4, 0.5) is 0 Å². The molecule has 138 valence electrons. The molecule has 0 aliphatic rings. The molecule has 0 aromatic carbocycles. The van der Waals surface area contributed by atoms with Gasteiger partial charge in [0.05, 0.1) is 0 Å². The van der Waals surface area contributed by atoms with Crippen molar-refractivity contribution in [3.63, 3.8) is 0 Å². The quantitative estimate of drug-likeness (QED) is 0.185. The van der Waals surface area contributed by atoms with Gasteiger partial charge in [-0.25, -0.2) is 0 Å². The molecule has 0 saturated heterocycles. The Balaban J connectivity index is 5.22. The predicted molar refractivity (Wildman–Crippen MR) is 106 cm³/mol. The molecule has 0 heterocycles. The zero-order chi connectivity index (χ0) is 17.4. The summed E-state index contributed by atoms with van der Waals surface area (Å²) in [5.41, 5.74) is 0. The first-order valence-corrected chi connectivity index (χ1v) is 15.8. The number of allylic oxidation sites excluding steroid dienone is 1. The average Bonchev–Trinajstić information content (AvgIpc) is 2.57. The van der Waals surface area contributed by atoms with Gasteiger partial charge >= 0.3 is 148 Å². The maximum absolute atomic E-state index is 8.90. The van der Waals surface area contributed by atoms with E-state index in [0.29, 0.717) is 6.61 Å². The van der Waals surface area contributed by atoms with Gasteiger partial charge in [-0.2, -0.15) is 0 Å². The van der Waals surface area contributed by atoms with Gasteiger partial charge in [0, 0.05) is 0 Å². The molecule has 0 amide bonds. The van der Waals surface area contributed by atoms with E-state index in [2.05, 4.69) is 33.8 Å². The molecular weight excluding hydrogens is 345 g/mol. The predicted octanol–water partition coefficient (Wildman–Crippen LogP) is 6.53. The van der Waals surface area contributed by atoms with Crippen LogP contribution in [0.2, 0.25) is 20.5 Å². The number of hydrogen-bond donors (Lipinski definition) is 1. The van der Waals surface area contributed by atoms with Crippen molar-refractivity contribution in [2.24, 2.45) is 0 Å². The second kappa shape index (κ2) is 15.6. The van der Waals surface area contributed by atoms with Crippen LogP contribution in [0.3, 0.4) is 0 Å². The van der Waals surface area contributed by atoms with E-state index in [1.54, 1.807) is 0 Å². The van der Waals surface area contributed by atoms with E-state index in [-0.39, 0.29) is 6.61 Å². The Labute approximate surface area is 148 Å². The van der Waals surface area contributed by atoms with E-state index >= 15 is 0 Å². The van der Waals surface area contributed by atoms with E-state index in [4.69, 9.17) is 9.84 Å². The van der Waals surface area contributed by atoms with E-state index < -0.39 is 13.3 Å². The normalized spacial score (nSPS) is 13.6. The van der Waals surface area contributed by atoms with Gasteiger partial charge in [-0.3, -0.25) is 0 Å². The molecule has 0 bridgehead atoms. The van der Waals surface area contributed by atoms with Gasteiger partial charge in [0.25, 0.3) is 0 Å². The molecule has 1 unspecified atom stereocenters. The Morgan fingerprint density at radius 3 is 1.78 bits per heavy atom. The molecular formula is C20H42GeO2. The third kappa shape index (κ3) is 9.81. The molecule has 0 fully saturated rings. The summed E-state index contributed by atoms with van der Waals surface area (Å²) < 4.78 is 6.26. The summed E-state index contributed by atoms with van der Waals surface area (Å²) in [6.45, 7) is 9.86. The van der Waals surface area contributed by atoms with Crippen LogP contribution in [0.1, 0.15) is 79.1 Å². The van der Waals surface area contributed by atoms with Gasteiger partial charge < -0.3 is 0 Å². The Kier molecular flexibility index (Phi) is 15.6. The number of unbranched alkanes of at least 4 members (excludes halogenated alkanes) is 3. The fourth-order valence-electron chi connectivity index (χ4n) is 3.71. The van der Waals surface area contributed by atoms with Crippen LogP contribution in [0.25, 0.3) is 0 Å². The molecule has 0 spiro atoms. The molecule has 1 atom stereocenters. The SMILES string of the molecule is CCC[CH2][Ge]([CH2]CCC)([CH2]CCC)[CH](/C=C\OCCO)CCC. The minimum absolute atomic E-state index is 0.108. The van der Waals surface area contributed by atoms with Crippen molar-refractivity contribution in [2.45, 2.75) is 99.6 Å². The maximum atomic E-state index is 8.90. The second-order valence-corrected chi connectivity index (χ2v) is 17.4. The van der Waals surface area contributed by atoms with Crippen LogP contribution in [-0.2, 0) is 4.74 Å². The zero-order valence-corrected chi connectivity index (χ0v) is 18.4. The van der Waals surface area contributed by atoms with Crippen molar-refractivity contribution in [1.29, 1.82) is 0 Å². The number of rotatable bonds is 16. The van der Waals surface area contributed by atoms with Crippen molar-refractivity contribution in [2.75, 3.05) is 13.2 Å². The van der Waals surface area contributed by atoms with Crippen molar-refractivity contribution < 1.29 is 9.84 Å². The molecule has 3 heteroatoms. The molecule has 23 heavy (non-hydrogen) atoms. The summed E-state index contributed by atoms with van der Waals surface area (Å²) in [5, 5.41) is 13.5. The standard InChI is InChI=1S/C20H42GeO2/c1-5-9-14-21(15-10-6-2,16-11-7-3)20(12-8-4)13-18-23-19-17-22/h13,18,20,22H,5-12,14-17,19H2,1-4H3/b18-13-. The summed E-state index contributed by atoms with van der Waals surface area (Å²) in [5.74, 6) is 0. The molecule has 0 saturated carbocycles. The summed E-state index contributed by atoms with van der Waals surface area (Å²) in [7, 11) is 0. The summed E-state index contributed by atoms with van der Waals surface area (Å²) in [6, 6.07) is 0. The summed E-state index contributed by atoms with van der Waals surface area (Å²) >= 11 is -1.91. The van der Waals surface area contributed by atoms with E-state index in [9.17, 15) is 0 Å². The number of aliphatic hydroxyl groups is 1. The minimum atomic E-state index is -1.91. The molecule has 1 N–H and O–H groups in total. The van der Waals surface area contributed by atoms with Crippen molar-refractivity contribution >= 4 is 13.3 Å². The molecule has 0 aliphatic heterocycles. The van der Waals surface area contributed by atoms with Gasteiger partial charge in [-0.05, 0) is 0 Å². The van der Waals surface area contributed by atoms with E-state index in [0.717, 1.165) is 4.75 Å². The molecule has 0 radical (unpaired) electrons. The fourth-order valence-corrected chi connectivity index (χ4v) is 17.2. The van der Waals surface area contributed by atoms with E-state index in [1.165, 1.54) is 67.1 Å². The first kappa shape index (κ1) is 23.0. The van der Waals surface area contributed by atoms with E-state index in [1.807, 2.05) is 6.26 Å². The monoisotopic (exact) mass is 388 g/mol. The summed E-state index contributed by atoms with van der Waals surface area (Å²) in [4.78, 5) is 0. The van der Waals surface area contributed by atoms with Gasteiger partial charge in [-0.15, -0.1) is 0 Å². The number of aliphatic hydroxyl groups excluding tert-OH is 1. The second-order valence-electron chi connectivity index (χ2n) is 6.99. The third-order valence-corrected chi connectivity index (χ3v) is 17.9. The van der Waals surface area contributed by atoms with Crippen LogP contribution in [0, 0.1) is 0 Å². The van der Waals surface area contributed by atoms with Crippen molar-refractivity contribution in [3.8, 4) is 0 Å². The van der Waals surface area contributed by atoms with Gasteiger partial charge in [0.15, 0.2) is 0 Å². The Hall–Kier alpha value is 0.0429. The van der Waals surface area contributed by atoms with Crippen molar-refractivity contribution in [3.05, 3.63) is 12.3 Å². The Morgan fingerprint density at radius 2 is 1.39 bits per heavy atom. The zero-order valence-electron chi connectivity index (χ0n) is 16.3. The Bertz CT molecular complexity index is 257. The molecule has 0 rings (SSSR count). The number of ether oxygens (including phenoxy) is 1. The van der Waals surface area contributed by atoms with Crippen LogP contribution in [0.15, 0.2) is 12.3 Å². The topological polar surface area (TPSA) is 29.5 Å². The summed E-state index contributed by atoms with van der Waals surface area (Å²) in [6.07, 6.45) is 15.1. The molecule has 0 aromatic rings. The molecule has 0 aliphatic carbocycles. The van der Waals surface area contributed by atoms with Crippen LogP contribution >= 0.6 is 0 Å². The van der Waals surface area contributed by atoms with Crippen LogP contribution in [-0.4, -0.2) is 31.6 Å². The van der Waals surface area contributed by atoms with Gasteiger partial charge in [0.1, 0.15) is 0 Å². The molecule has 2 nitrogen and oxygen atoms in total. The average molecular weight is 387 g/mol. The van der Waals surface area contributed by atoms with Gasteiger partial charge in [0.2, 0.25) is 0 Å². The fraction of sp³-hybridized carbons (Fsp3) is 0.900. The third-order valence-electron chi connectivity index (χ3n) is 5.09. The Morgan fingerprint density at radius 1 is 0.870 bits per heavy atom. The van der Waals surface area contributed by atoms with Gasteiger partial charge in [-0.1, -0.05) is 0 Å². The van der Waals surface area contributed by atoms with Crippen LogP contribution < -0.4 is 0 Å².